The highest BCUT2D eigenvalue weighted by atomic mass is 16.5. The van der Waals surface area contributed by atoms with Crippen LogP contribution in [-0.2, 0) is 16.8 Å². The molecule has 0 unspecified atom stereocenters. The van der Waals surface area contributed by atoms with Gasteiger partial charge in [0.2, 0.25) is 5.91 Å². The molecular weight excluding hydrogens is 470 g/mol. The fourth-order valence-corrected chi connectivity index (χ4v) is 3.95. The minimum atomic E-state index is -0.502. The van der Waals surface area contributed by atoms with Gasteiger partial charge in [-0.1, -0.05) is 49.2 Å². The lowest BCUT2D eigenvalue weighted by Crippen LogP contribution is -2.26. The van der Waals surface area contributed by atoms with E-state index in [0.29, 0.717) is 23.0 Å². The smallest absolute Gasteiger partial charge is 0.261 e. The van der Waals surface area contributed by atoms with E-state index < -0.39 is 5.41 Å². The van der Waals surface area contributed by atoms with Gasteiger partial charge >= 0.3 is 0 Å². The van der Waals surface area contributed by atoms with Gasteiger partial charge in [0.15, 0.2) is 17.3 Å². The first-order valence-corrected chi connectivity index (χ1v) is 12.0. The van der Waals surface area contributed by atoms with Gasteiger partial charge in [-0.2, -0.15) is 15.3 Å². The predicted octanol–water partition coefficient (Wildman–Crippen LogP) is 3.43. The molecule has 3 heterocycles. The van der Waals surface area contributed by atoms with Gasteiger partial charge in [-0.15, -0.1) is 0 Å². The molecule has 4 aromatic rings. The van der Waals surface area contributed by atoms with Gasteiger partial charge in [0.05, 0.1) is 29.1 Å². The number of unbranched alkanes of at least 4 members (excludes halogenated alkanes) is 1. The fourth-order valence-electron chi connectivity index (χ4n) is 3.95. The zero-order valence-corrected chi connectivity index (χ0v) is 21.3. The topological polar surface area (TPSA) is 153 Å². The molecule has 190 valence electrons. The van der Waals surface area contributed by atoms with Gasteiger partial charge in [0.1, 0.15) is 12.6 Å². The highest BCUT2D eigenvalue weighted by Crippen LogP contribution is 2.37. The van der Waals surface area contributed by atoms with Gasteiger partial charge in [0, 0.05) is 25.9 Å². The number of likely N-dealkylation sites (N-methyl/N-ethyl adjacent to an activating group) is 1. The number of nitrogen functional groups attached to an aromatic ring is 1. The van der Waals surface area contributed by atoms with E-state index in [1.807, 2.05) is 30.3 Å². The van der Waals surface area contributed by atoms with Crippen LogP contribution < -0.4 is 5.73 Å². The zero-order chi connectivity index (χ0) is 26.6. The summed E-state index contributed by atoms with van der Waals surface area (Å²) in [4.78, 5) is 26.6. The number of amides is 1. The van der Waals surface area contributed by atoms with Gasteiger partial charge in [-0.25, -0.2) is 9.97 Å². The highest BCUT2D eigenvalue weighted by molar-refractivity contribution is 5.75. The Morgan fingerprint density at radius 3 is 2.62 bits per heavy atom. The first-order valence-electron chi connectivity index (χ1n) is 12.0. The molecule has 0 aliphatic rings. The summed E-state index contributed by atoms with van der Waals surface area (Å²) in [6.07, 6.45) is 7.70. The summed E-state index contributed by atoms with van der Waals surface area (Å²) in [6, 6.07) is 9.86. The molecule has 0 bridgehead atoms. The Morgan fingerprint density at radius 1 is 1.19 bits per heavy atom. The third-order valence-electron chi connectivity index (χ3n) is 6.35. The second kappa shape index (κ2) is 10.6. The molecule has 11 heteroatoms. The molecule has 1 aromatic carbocycles. The van der Waals surface area contributed by atoms with Gasteiger partial charge in [-0.05, 0) is 18.9 Å². The predicted molar refractivity (Wildman–Crippen MR) is 137 cm³/mol. The summed E-state index contributed by atoms with van der Waals surface area (Å²) in [6.45, 7) is 4.37. The van der Waals surface area contributed by atoms with Crippen LogP contribution >= 0.6 is 0 Å². The Hall–Kier alpha value is -4.59. The van der Waals surface area contributed by atoms with Crippen molar-refractivity contribution >= 4 is 11.7 Å². The van der Waals surface area contributed by atoms with Crippen molar-refractivity contribution in [2.75, 3.05) is 19.8 Å². The molecule has 0 fully saturated rings. The maximum absolute atomic E-state index is 12.0. The van der Waals surface area contributed by atoms with Crippen LogP contribution in [0, 0.1) is 11.3 Å². The molecule has 0 aliphatic heterocycles. The van der Waals surface area contributed by atoms with Crippen molar-refractivity contribution in [1.82, 2.24) is 34.8 Å². The van der Waals surface area contributed by atoms with Crippen LogP contribution in [0.4, 0.5) is 5.82 Å². The van der Waals surface area contributed by atoms with Crippen molar-refractivity contribution < 1.29 is 9.32 Å². The van der Waals surface area contributed by atoms with E-state index in [1.54, 1.807) is 37.4 Å². The quantitative estimate of drug-likeness (QED) is 0.365. The normalized spacial score (nSPS) is 12.6. The van der Waals surface area contributed by atoms with Crippen LogP contribution in [0.3, 0.4) is 0 Å². The van der Waals surface area contributed by atoms with E-state index in [2.05, 4.69) is 34.1 Å². The summed E-state index contributed by atoms with van der Waals surface area (Å²) in [5, 5.41) is 17.8. The Bertz CT molecular complexity index is 1430. The summed E-state index contributed by atoms with van der Waals surface area (Å²) in [5.74, 6) is 0.960. The maximum atomic E-state index is 12.0. The number of hydrogen-bond acceptors (Lipinski definition) is 9. The van der Waals surface area contributed by atoms with Crippen LogP contribution in [0.15, 0.2) is 47.4 Å². The summed E-state index contributed by atoms with van der Waals surface area (Å²) in [7, 11) is 3.40. The average Bonchev–Trinajstić information content (AvgIpc) is 3.58. The van der Waals surface area contributed by atoms with E-state index in [1.165, 1.54) is 4.90 Å². The lowest BCUT2D eigenvalue weighted by molar-refractivity contribution is -0.129. The number of nitrogens with zero attached hydrogens (tertiary/aromatic N) is 8. The van der Waals surface area contributed by atoms with Crippen molar-refractivity contribution in [1.29, 1.82) is 5.26 Å². The van der Waals surface area contributed by atoms with Crippen LogP contribution in [0.25, 0.3) is 22.7 Å². The number of nitriles is 1. The minimum Gasteiger partial charge on any atom is -0.381 e. The third-order valence-corrected chi connectivity index (χ3v) is 6.35. The lowest BCUT2D eigenvalue weighted by Gasteiger charge is -2.27. The van der Waals surface area contributed by atoms with Crippen molar-refractivity contribution in [3.63, 3.8) is 0 Å². The van der Waals surface area contributed by atoms with E-state index in [-0.39, 0.29) is 24.0 Å². The molecule has 37 heavy (non-hydrogen) atoms. The van der Waals surface area contributed by atoms with Crippen LogP contribution in [0.2, 0.25) is 0 Å². The molecule has 3 aromatic heterocycles. The molecule has 0 saturated heterocycles. The summed E-state index contributed by atoms with van der Waals surface area (Å²) < 4.78 is 7.17. The number of benzene rings is 1. The van der Waals surface area contributed by atoms with Gasteiger partial charge in [0.25, 0.3) is 5.89 Å². The first-order chi connectivity index (χ1) is 17.7. The second-order valence-electron chi connectivity index (χ2n) is 9.25. The third kappa shape index (κ3) is 5.33. The van der Waals surface area contributed by atoms with Crippen molar-refractivity contribution in [3.05, 3.63) is 59.9 Å². The van der Waals surface area contributed by atoms with E-state index in [0.717, 1.165) is 30.4 Å². The molecular formula is C26H29N9O2. The Balaban J connectivity index is 1.62. The van der Waals surface area contributed by atoms with Crippen LogP contribution in [0.5, 0.6) is 0 Å². The lowest BCUT2D eigenvalue weighted by atomic mass is 9.77. The second-order valence-corrected chi connectivity index (χ2v) is 9.25. The summed E-state index contributed by atoms with van der Waals surface area (Å²) in [5.41, 5.74) is 8.36. The Labute approximate surface area is 215 Å². The van der Waals surface area contributed by atoms with E-state index in [4.69, 9.17) is 15.2 Å². The Kier molecular flexibility index (Phi) is 7.29. The van der Waals surface area contributed by atoms with Crippen LogP contribution in [0.1, 0.15) is 50.2 Å². The van der Waals surface area contributed by atoms with E-state index in [9.17, 15) is 10.1 Å². The zero-order valence-electron chi connectivity index (χ0n) is 21.3. The molecule has 0 aliphatic carbocycles. The molecule has 0 radical (unpaired) electrons. The molecule has 1 amide bonds. The van der Waals surface area contributed by atoms with Crippen molar-refractivity contribution in [3.8, 4) is 28.8 Å². The number of carbonyl (C=O) groups excluding carboxylic acids is 1. The molecule has 11 nitrogen and oxygen atoms in total. The van der Waals surface area contributed by atoms with Gasteiger partial charge < -0.3 is 15.2 Å². The molecule has 4 rings (SSSR count). The summed E-state index contributed by atoms with van der Waals surface area (Å²) >= 11 is 0. The Morgan fingerprint density at radius 2 is 1.95 bits per heavy atom. The van der Waals surface area contributed by atoms with Crippen LogP contribution in [-0.4, -0.2) is 54.8 Å². The van der Waals surface area contributed by atoms with Gasteiger partial charge in [-0.3, -0.25) is 9.48 Å². The monoisotopic (exact) mass is 499 g/mol. The largest absolute Gasteiger partial charge is 0.381 e. The number of aromatic nitrogens is 6. The number of carbonyl (C=O) groups is 1. The maximum Gasteiger partial charge on any atom is 0.261 e. The number of hydrogen-bond donors (Lipinski definition) is 1. The average molecular weight is 500 g/mol. The first kappa shape index (κ1) is 25.5. The van der Waals surface area contributed by atoms with Crippen molar-refractivity contribution in [2.24, 2.45) is 0 Å². The standard InChI is InChI=1S/C26H29N9O2/c1-5-6-11-26(2,19-9-7-17(8-10-19)21-14-29-23(28)20(12-27)31-21)25-32-24(37-33-25)18-13-30-35(15-18)16-22(36)34(3)4/h7-10,13-15H,5-6,11,16H2,1-4H3,(H2,28,29)/t26-/m1/s1. The molecule has 0 spiro atoms. The van der Waals surface area contributed by atoms with Crippen molar-refractivity contribution in [2.45, 2.75) is 45.1 Å². The highest BCUT2D eigenvalue weighted by Gasteiger charge is 2.34. The molecule has 0 saturated carbocycles. The number of nitrogens with two attached hydrogens (primary N) is 1. The minimum absolute atomic E-state index is 0.0646. The molecule has 1 atom stereocenters. The SMILES string of the molecule is CCCC[C@](C)(c1ccc(-c2cnc(N)c(C#N)n2)cc1)c1noc(-c2cnn(CC(=O)N(C)C)c2)n1. The van der Waals surface area contributed by atoms with E-state index >= 15 is 0 Å². The number of anilines is 1. The number of rotatable bonds is 9. The molecule has 2 N–H and O–H groups in total. The fraction of sp³-hybridized carbons (Fsp3) is 0.346.